The van der Waals surface area contributed by atoms with E-state index in [9.17, 15) is 9.59 Å². The summed E-state index contributed by atoms with van der Waals surface area (Å²) in [5.41, 5.74) is 0. The Morgan fingerprint density at radius 2 is 1.72 bits per heavy atom. The van der Waals surface area contributed by atoms with Crippen LogP contribution >= 0.6 is 0 Å². The molecule has 0 aliphatic rings. The fraction of sp³-hybridized carbons (Fsp3) is 0.846. The van der Waals surface area contributed by atoms with Gasteiger partial charge in [0.1, 0.15) is 0 Å². The Hall–Kier alpha value is -1.10. The number of carbonyl (C=O) groups excluding carboxylic acids is 2. The van der Waals surface area contributed by atoms with E-state index in [0.29, 0.717) is 19.5 Å². The molecular weight excluding hydrogens is 230 g/mol. The van der Waals surface area contributed by atoms with Gasteiger partial charge in [0.05, 0.1) is 6.04 Å². The molecule has 0 aromatic rings. The van der Waals surface area contributed by atoms with Gasteiger partial charge in [-0.25, -0.2) is 0 Å². The summed E-state index contributed by atoms with van der Waals surface area (Å²) in [5, 5.41) is 5.88. The van der Waals surface area contributed by atoms with Crippen LogP contribution in [0.4, 0.5) is 0 Å². The van der Waals surface area contributed by atoms with Crippen LogP contribution in [0.5, 0.6) is 0 Å². The highest BCUT2D eigenvalue weighted by atomic mass is 16.2. The molecule has 0 bridgehead atoms. The van der Waals surface area contributed by atoms with Crippen molar-refractivity contribution in [2.24, 2.45) is 0 Å². The summed E-state index contributed by atoms with van der Waals surface area (Å²) in [5.74, 6) is 0.126. The largest absolute Gasteiger partial charge is 0.355 e. The minimum absolute atomic E-state index is 0.00728. The van der Waals surface area contributed by atoms with E-state index in [1.165, 1.54) is 0 Å². The molecule has 0 aliphatic heterocycles. The normalized spacial score (nSPS) is 12.0. The molecule has 5 nitrogen and oxygen atoms in total. The minimum atomic E-state index is -0.249. The number of rotatable bonds is 9. The van der Waals surface area contributed by atoms with E-state index in [2.05, 4.69) is 10.6 Å². The summed E-state index contributed by atoms with van der Waals surface area (Å²) in [6, 6.07) is -0.249. The van der Waals surface area contributed by atoms with Crippen molar-refractivity contribution in [1.29, 1.82) is 0 Å². The zero-order valence-corrected chi connectivity index (χ0v) is 12.1. The second kappa shape index (κ2) is 9.88. The number of nitrogens with zero attached hydrogens (tertiary/aromatic N) is 1. The predicted octanol–water partition coefficient (Wildman–Crippen LogP) is 0.749. The predicted molar refractivity (Wildman–Crippen MR) is 73.3 cm³/mol. The van der Waals surface area contributed by atoms with E-state index in [4.69, 9.17) is 0 Å². The van der Waals surface area contributed by atoms with Crippen molar-refractivity contribution in [2.75, 3.05) is 26.2 Å². The molecule has 0 saturated heterocycles. The minimum Gasteiger partial charge on any atom is -0.355 e. The lowest BCUT2D eigenvalue weighted by Crippen LogP contribution is -2.43. The van der Waals surface area contributed by atoms with E-state index in [-0.39, 0.29) is 17.9 Å². The Labute approximate surface area is 110 Å². The van der Waals surface area contributed by atoms with Crippen LogP contribution in [0.3, 0.4) is 0 Å². The summed E-state index contributed by atoms with van der Waals surface area (Å²) in [6.45, 7) is 10.5. The van der Waals surface area contributed by atoms with E-state index in [1.807, 2.05) is 27.7 Å². The quantitative estimate of drug-likeness (QED) is 0.641. The molecule has 1 unspecified atom stereocenters. The Morgan fingerprint density at radius 3 is 2.22 bits per heavy atom. The zero-order chi connectivity index (χ0) is 14.0. The average Bonchev–Trinajstić information content (AvgIpc) is 2.37. The average molecular weight is 257 g/mol. The van der Waals surface area contributed by atoms with Gasteiger partial charge in [-0.05, 0) is 27.2 Å². The molecule has 2 amide bonds. The first-order valence-electron chi connectivity index (χ1n) is 6.85. The summed E-state index contributed by atoms with van der Waals surface area (Å²) >= 11 is 0. The number of hydrogen-bond donors (Lipinski definition) is 2. The second-order valence-electron chi connectivity index (χ2n) is 4.28. The van der Waals surface area contributed by atoms with Gasteiger partial charge < -0.3 is 15.5 Å². The van der Waals surface area contributed by atoms with Crippen LogP contribution in [0, 0.1) is 0 Å². The van der Waals surface area contributed by atoms with Crippen molar-refractivity contribution in [2.45, 2.75) is 46.6 Å². The third kappa shape index (κ3) is 6.59. The molecule has 18 heavy (non-hydrogen) atoms. The van der Waals surface area contributed by atoms with Crippen LogP contribution < -0.4 is 10.6 Å². The van der Waals surface area contributed by atoms with Gasteiger partial charge in [-0.3, -0.25) is 9.59 Å². The van der Waals surface area contributed by atoms with Crippen molar-refractivity contribution in [1.82, 2.24) is 15.5 Å². The van der Waals surface area contributed by atoms with E-state index in [1.54, 1.807) is 4.90 Å². The first-order chi connectivity index (χ1) is 8.56. The maximum absolute atomic E-state index is 11.7. The Kier molecular flexibility index (Phi) is 9.28. The van der Waals surface area contributed by atoms with Crippen LogP contribution in [0.1, 0.15) is 40.5 Å². The summed E-state index contributed by atoms with van der Waals surface area (Å²) in [7, 11) is 0. The van der Waals surface area contributed by atoms with Crippen LogP contribution in [0.15, 0.2) is 0 Å². The fourth-order valence-corrected chi connectivity index (χ4v) is 1.62. The summed E-state index contributed by atoms with van der Waals surface area (Å²) in [6.07, 6.45) is 1.37. The van der Waals surface area contributed by atoms with Crippen LogP contribution in [-0.2, 0) is 9.59 Å². The standard InChI is InChI=1S/C13H27N3O2/c1-5-9-15-13(18)11(4)14-10-8-12(17)16(6-2)7-3/h11,14H,5-10H2,1-4H3,(H,15,18). The molecule has 2 N–H and O–H groups in total. The van der Waals surface area contributed by atoms with E-state index >= 15 is 0 Å². The summed E-state index contributed by atoms with van der Waals surface area (Å²) < 4.78 is 0. The van der Waals surface area contributed by atoms with Crippen molar-refractivity contribution in [3.05, 3.63) is 0 Å². The molecule has 0 aromatic carbocycles. The lowest BCUT2D eigenvalue weighted by atomic mass is 10.2. The van der Waals surface area contributed by atoms with Gasteiger partial charge in [-0.2, -0.15) is 0 Å². The smallest absolute Gasteiger partial charge is 0.236 e. The first kappa shape index (κ1) is 16.9. The number of amides is 2. The summed E-state index contributed by atoms with van der Waals surface area (Å²) in [4.78, 5) is 25.1. The molecule has 0 heterocycles. The number of nitrogens with one attached hydrogen (secondary N) is 2. The molecule has 0 spiro atoms. The molecule has 0 saturated carbocycles. The van der Waals surface area contributed by atoms with Gasteiger partial charge in [-0.1, -0.05) is 6.92 Å². The van der Waals surface area contributed by atoms with E-state index < -0.39 is 0 Å². The van der Waals surface area contributed by atoms with Gasteiger partial charge in [-0.15, -0.1) is 0 Å². The topological polar surface area (TPSA) is 61.4 Å². The highest BCUT2D eigenvalue weighted by molar-refractivity contribution is 5.81. The Balaban J connectivity index is 3.82. The molecule has 0 aliphatic carbocycles. The van der Waals surface area contributed by atoms with Crippen LogP contribution in [0.2, 0.25) is 0 Å². The highest BCUT2D eigenvalue weighted by Gasteiger charge is 2.13. The Bertz CT molecular complexity index is 253. The highest BCUT2D eigenvalue weighted by Crippen LogP contribution is 1.93. The van der Waals surface area contributed by atoms with Crippen LogP contribution in [-0.4, -0.2) is 48.9 Å². The van der Waals surface area contributed by atoms with Gasteiger partial charge in [0.25, 0.3) is 0 Å². The van der Waals surface area contributed by atoms with Gasteiger partial charge in [0.15, 0.2) is 0 Å². The molecule has 0 rings (SSSR count). The third-order valence-corrected chi connectivity index (χ3v) is 2.85. The molecular formula is C13H27N3O2. The zero-order valence-electron chi connectivity index (χ0n) is 12.1. The third-order valence-electron chi connectivity index (χ3n) is 2.85. The monoisotopic (exact) mass is 257 g/mol. The second-order valence-corrected chi connectivity index (χ2v) is 4.28. The first-order valence-corrected chi connectivity index (χ1v) is 6.85. The van der Waals surface area contributed by atoms with Crippen molar-refractivity contribution < 1.29 is 9.59 Å². The molecule has 0 fully saturated rings. The van der Waals surface area contributed by atoms with E-state index in [0.717, 1.165) is 19.5 Å². The molecule has 1 atom stereocenters. The SMILES string of the molecule is CCCNC(=O)C(C)NCCC(=O)N(CC)CC. The number of carbonyl (C=O) groups is 2. The lowest BCUT2D eigenvalue weighted by Gasteiger charge is -2.19. The molecule has 106 valence electrons. The van der Waals surface area contributed by atoms with Crippen LogP contribution in [0.25, 0.3) is 0 Å². The fourth-order valence-electron chi connectivity index (χ4n) is 1.62. The molecule has 5 heteroatoms. The van der Waals surface area contributed by atoms with Gasteiger partial charge in [0.2, 0.25) is 11.8 Å². The Morgan fingerprint density at radius 1 is 1.11 bits per heavy atom. The van der Waals surface area contributed by atoms with Crippen molar-refractivity contribution in [3.8, 4) is 0 Å². The lowest BCUT2D eigenvalue weighted by molar-refractivity contribution is -0.131. The van der Waals surface area contributed by atoms with Crippen molar-refractivity contribution in [3.63, 3.8) is 0 Å². The molecule has 0 radical (unpaired) electrons. The van der Waals surface area contributed by atoms with Gasteiger partial charge >= 0.3 is 0 Å². The number of hydrogen-bond acceptors (Lipinski definition) is 3. The maximum atomic E-state index is 11.7. The van der Waals surface area contributed by atoms with Crippen molar-refractivity contribution >= 4 is 11.8 Å². The maximum Gasteiger partial charge on any atom is 0.236 e. The molecule has 0 aromatic heterocycles. The van der Waals surface area contributed by atoms with Gasteiger partial charge in [0, 0.05) is 32.6 Å².